The maximum Gasteiger partial charge on any atom is 0.359 e. The largest absolute Gasteiger partial charge is 0.359 e. The van der Waals surface area contributed by atoms with Crippen molar-refractivity contribution >= 4 is 10.0 Å². The molecule has 0 aromatic rings. The van der Waals surface area contributed by atoms with Crippen LogP contribution in [0, 0.1) is 0 Å². The van der Waals surface area contributed by atoms with E-state index in [2.05, 4.69) is 0 Å². The van der Waals surface area contributed by atoms with Gasteiger partial charge in [-0.05, 0) is 12.8 Å². The minimum absolute atomic E-state index is 0.234. The summed E-state index contributed by atoms with van der Waals surface area (Å²) >= 11 is 0. The predicted octanol–water partition coefficient (Wildman–Crippen LogP) is 2.59. The lowest BCUT2D eigenvalue weighted by molar-refractivity contribution is 0.0786. The van der Waals surface area contributed by atoms with Gasteiger partial charge in [-0.25, -0.2) is 8.42 Å². The van der Waals surface area contributed by atoms with E-state index in [1.54, 1.807) is 0 Å². The first-order valence-electron chi connectivity index (χ1n) is 5.79. The molecule has 0 bridgehead atoms. The summed E-state index contributed by atoms with van der Waals surface area (Å²) in [6, 6.07) is 0. The summed E-state index contributed by atoms with van der Waals surface area (Å²) < 4.78 is 51.0. The monoisotopic (exact) mass is 255 g/mol. The fraction of sp³-hybridized carbons (Fsp3) is 1.00. The van der Waals surface area contributed by atoms with Gasteiger partial charge in [0.15, 0.2) is 0 Å². The molecule has 0 amide bonds. The zero-order valence-corrected chi connectivity index (χ0v) is 10.4. The van der Waals surface area contributed by atoms with Crippen LogP contribution < -0.4 is 0 Å². The molecule has 1 saturated heterocycles. The van der Waals surface area contributed by atoms with Crippen molar-refractivity contribution in [2.75, 3.05) is 13.1 Å². The van der Waals surface area contributed by atoms with Crippen molar-refractivity contribution < 1.29 is 17.2 Å². The number of halogens is 2. The van der Waals surface area contributed by atoms with Crippen LogP contribution in [0.25, 0.3) is 0 Å². The van der Waals surface area contributed by atoms with Crippen LogP contribution in [-0.2, 0) is 10.0 Å². The number of sulfonamides is 1. The van der Waals surface area contributed by atoms with E-state index in [0.717, 1.165) is 23.6 Å². The number of hydrogen-bond donors (Lipinski definition) is 0. The highest BCUT2D eigenvalue weighted by molar-refractivity contribution is 7.90. The topological polar surface area (TPSA) is 37.4 Å². The van der Waals surface area contributed by atoms with Crippen LogP contribution in [0.2, 0.25) is 0 Å². The Morgan fingerprint density at radius 1 is 1.06 bits per heavy atom. The Labute approximate surface area is 95.9 Å². The van der Waals surface area contributed by atoms with Gasteiger partial charge in [0, 0.05) is 19.5 Å². The molecule has 0 aromatic heterocycles. The van der Waals surface area contributed by atoms with Crippen LogP contribution in [0.4, 0.5) is 8.78 Å². The van der Waals surface area contributed by atoms with E-state index in [4.69, 9.17) is 0 Å². The molecule has 1 aliphatic heterocycles. The summed E-state index contributed by atoms with van der Waals surface area (Å²) in [5.41, 5.74) is 0. The fourth-order valence-electron chi connectivity index (χ4n) is 1.83. The number of rotatable bonds is 3. The molecule has 0 spiro atoms. The van der Waals surface area contributed by atoms with Gasteiger partial charge in [0.2, 0.25) is 0 Å². The number of nitrogens with zero attached hydrogens (tertiary/aromatic N) is 1. The highest BCUT2D eigenvalue weighted by Crippen LogP contribution is 2.29. The third-order valence-electron chi connectivity index (χ3n) is 2.94. The summed E-state index contributed by atoms with van der Waals surface area (Å²) in [7, 11) is -4.45. The summed E-state index contributed by atoms with van der Waals surface area (Å²) in [6.45, 7) is 1.66. The Balaban J connectivity index is 2.80. The fourth-order valence-corrected chi connectivity index (χ4v) is 3.31. The van der Waals surface area contributed by atoms with E-state index in [-0.39, 0.29) is 13.1 Å². The van der Waals surface area contributed by atoms with Gasteiger partial charge in [0.05, 0.1) is 0 Å². The van der Waals surface area contributed by atoms with Crippen LogP contribution >= 0.6 is 0 Å². The lowest BCUT2D eigenvalue weighted by Gasteiger charge is -2.27. The summed E-state index contributed by atoms with van der Waals surface area (Å²) in [4.78, 5) is 0. The second kappa shape index (κ2) is 5.40. The first-order valence-corrected chi connectivity index (χ1v) is 7.23. The lowest BCUT2D eigenvalue weighted by atomic mass is 10.1. The van der Waals surface area contributed by atoms with Crippen molar-refractivity contribution in [2.45, 2.75) is 50.7 Å². The molecular formula is C10H19F2NO2S. The van der Waals surface area contributed by atoms with E-state index in [1.165, 1.54) is 6.92 Å². The number of hydrogen-bond acceptors (Lipinski definition) is 2. The van der Waals surface area contributed by atoms with E-state index in [1.807, 2.05) is 0 Å². The molecule has 1 heterocycles. The minimum Gasteiger partial charge on any atom is -0.206 e. The minimum atomic E-state index is -4.45. The standard InChI is InChI=1S/C10H19F2NO2S/c1-2-10(11,12)16(14,15)13-8-6-4-3-5-7-9-13/h2-9H2,1H3. The van der Waals surface area contributed by atoms with Gasteiger partial charge in [-0.15, -0.1) is 0 Å². The Hall–Kier alpha value is -0.230. The van der Waals surface area contributed by atoms with Crippen LogP contribution in [0.15, 0.2) is 0 Å². The number of alkyl halides is 2. The molecule has 0 N–H and O–H groups in total. The first-order chi connectivity index (χ1) is 7.42. The maximum atomic E-state index is 13.3. The van der Waals surface area contributed by atoms with Crippen molar-refractivity contribution in [1.82, 2.24) is 4.31 Å². The Morgan fingerprint density at radius 2 is 1.50 bits per heavy atom. The summed E-state index contributed by atoms with van der Waals surface area (Å²) in [5.74, 6) is 0. The molecule has 0 atom stereocenters. The molecule has 1 rings (SSSR count). The van der Waals surface area contributed by atoms with Gasteiger partial charge in [-0.1, -0.05) is 26.2 Å². The molecular weight excluding hydrogens is 236 g/mol. The van der Waals surface area contributed by atoms with Crippen molar-refractivity contribution in [3.05, 3.63) is 0 Å². The summed E-state index contributed by atoms with van der Waals surface area (Å²) in [5, 5.41) is -3.62. The molecule has 96 valence electrons. The van der Waals surface area contributed by atoms with Crippen LogP contribution in [0.3, 0.4) is 0 Å². The maximum absolute atomic E-state index is 13.3. The molecule has 0 aliphatic carbocycles. The highest BCUT2D eigenvalue weighted by atomic mass is 32.2. The van der Waals surface area contributed by atoms with Crippen LogP contribution in [0.1, 0.15) is 45.4 Å². The van der Waals surface area contributed by atoms with Crippen molar-refractivity contribution in [3.63, 3.8) is 0 Å². The predicted molar refractivity (Wildman–Crippen MR) is 58.8 cm³/mol. The van der Waals surface area contributed by atoms with E-state index in [0.29, 0.717) is 12.8 Å². The van der Waals surface area contributed by atoms with Gasteiger partial charge in [-0.3, -0.25) is 0 Å². The quantitative estimate of drug-likeness (QED) is 0.777. The van der Waals surface area contributed by atoms with E-state index in [9.17, 15) is 17.2 Å². The second-order valence-corrected chi connectivity index (χ2v) is 6.23. The van der Waals surface area contributed by atoms with Gasteiger partial charge < -0.3 is 0 Å². The normalized spacial score (nSPS) is 21.4. The van der Waals surface area contributed by atoms with Gasteiger partial charge in [-0.2, -0.15) is 13.1 Å². The molecule has 0 unspecified atom stereocenters. The Bertz CT molecular complexity index is 309. The molecule has 0 aromatic carbocycles. The second-order valence-electron chi connectivity index (χ2n) is 4.16. The van der Waals surface area contributed by atoms with Crippen molar-refractivity contribution in [2.24, 2.45) is 0 Å². The lowest BCUT2D eigenvalue weighted by Crippen LogP contribution is -2.44. The van der Waals surface area contributed by atoms with Crippen LogP contribution in [0.5, 0.6) is 0 Å². The molecule has 1 fully saturated rings. The average Bonchev–Trinajstić information content (AvgIpc) is 2.16. The third-order valence-corrected chi connectivity index (χ3v) is 5.03. The van der Waals surface area contributed by atoms with Gasteiger partial charge in [0.1, 0.15) is 0 Å². The summed E-state index contributed by atoms with van der Waals surface area (Å²) in [6.07, 6.45) is 3.61. The van der Waals surface area contributed by atoms with Crippen LogP contribution in [-0.4, -0.2) is 31.1 Å². The van der Waals surface area contributed by atoms with E-state index < -0.39 is 21.7 Å². The zero-order valence-electron chi connectivity index (χ0n) is 9.58. The molecule has 0 radical (unpaired) electrons. The molecule has 6 heteroatoms. The molecule has 3 nitrogen and oxygen atoms in total. The van der Waals surface area contributed by atoms with Gasteiger partial charge in [0.25, 0.3) is 10.0 Å². The first kappa shape index (κ1) is 13.8. The molecule has 1 aliphatic rings. The van der Waals surface area contributed by atoms with E-state index >= 15 is 0 Å². The van der Waals surface area contributed by atoms with Crippen molar-refractivity contribution in [1.29, 1.82) is 0 Å². The SMILES string of the molecule is CCC(F)(F)S(=O)(=O)N1CCCCCCC1. The molecule has 16 heavy (non-hydrogen) atoms. The third kappa shape index (κ3) is 2.91. The highest BCUT2D eigenvalue weighted by Gasteiger charge is 2.46. The zero-order chi connectivity index (χ0) is 12.2. The van der Waals surface area contributed by atoms with Crippen molar-refractivity contribution in [3.8, 4) is 0 Å². The Kier molecular flexibility index (Phi) is 4.67. The Morgan fingerprint density at radius 3 is 1.94 bits per heavy atom. The smallest absolute Gasteiger partial charge is 0.206 e. The average molecular weight is 255 g/mol. The molecule has 0 saturated carbocycles. The van der Waals surface area contributed by atoms with Gasteiger partial charge >= 0.3 is 5.25 Å².